The Morgan fingerprint density at radius 3 is 2.59 bits per heavy atom. The highest BCUT2D eigenvalue weighted by molar-refractivity contribution is 6.31. The van der Waals surface area contributed by atoms with E-state index in [9.17, 15) is 27.6 Å². The lowest BCUT2D eigenvalue weighted by Gasteiger charge is -2.39. The average molecular weight is 582 g/mol. The zero-order chi connectivity index (χ0) is 29.3. The van der Waals surface area contributed by atoms with Gasteiger partial charge in [-0.3, -0.25) is 24.2 Å². The molecule has 1 N–H and O–H groups in total. The zero-order valence-electron chi connectivity index (χ0n) is 21.4. The number of nitrogens with one attached hydrogen (secondary N) is 1. The Balaban J connectivity index is 1.61. The van der Waals surface area contributed by atoms with Crippen molar-refractivity contribution in [3.05, 3.63) is 94.7 Å². The van der Waals surface area contributed by atoms with Gasteiger partial charge in [0.1, 0.15) is 23.7 Å². The molecule has 0 unspecified atom stereocenters. The fourth-order valence-corrected chi connectivity index (χ4v) is 5.38. The van der Waals surface area contributed by atoms with Gasteiger partial charge in [0.15, 0.2) is 5.69 Å². The monoisotopic (exact) mass is 581 g/mol. The minimum absolute atomic E-state index is 0.00354. The van der Waals surface area contributed by atoms with Crippen LogP contribution in [0.2, 0.25) is 5.02 Å². The molecule has 1 saturated carbocycles. The van der Waals surface area contributed by atoms with Gasteiger partial charge in [0, 0.05) is 47.8 Å². The van der Waals surface area contributed by atoms with Gasteiger partial charge in [0.25, 0.3) is 11.8 Å². The Labute approximate surface area is 238 Å². The molecule has 2 atom stereocenters. The van der Waals surface area contributed by atoms with E-state index in [1.165, 1.54) is 48.7 Å². The molecule has 2 aromatic carbocycles. The summed E-state index contributed by atoms with van der Waals surface area (Å²) < 4.78 is 41.7. The summed E-state index contributed by atoms with van der Waals surface area (Å²) in [7, 11) is 0. The van der Waals surface area contributed by atoms with Crippen molar-refractivity contribution in [1.82, 2.24) is 10.3 Å². The second-order valence-electron chi connectivity index (χ2n) is 9.88. The van der Waals surface area contributed by atoms with E-state index in [4.69, 9.17) is 18.2 Å². The number of hydrogen-bond acceptors (Lipinski definition) is 4. The van der Waals surface area contributed by atoms with Crippen LogP contribution in [0.3, 0.4) is 0 Å². The summed E-state index contributed by atoms with van der Waals surface area (Å²) in [5, 5.41) is 2.70. The number of anilines is 2. The van der Waals surface area contributed by atoms with Crippen molar-refractivity contribution in [2.45, 2.75) is 49.7 Å². The minimum atomic E-state index is -2.91. The molecular weight excluding hydrogens is 559 g/mol. The lowest BCUT2D eigenvalue weighted by Crippen LogP contribution is -2.56. The Hall–Kier alpha value is -4.43. The number of pyridine rings is 1. The van der Waals surface area contributed by atoms with E-state index in [-0.39, 0.29) is 40.6 Å². The molecule has 41 heavy (non-hydrogen) atoms. The van der Waals surface area contributed by atoms with E-state index >= 15 is 0 Å². The number of carbonyl (C=O) groups is 3. The van der Waals surface area contributed by atoms with Crippen molar-refractivity contribution in [2.24, 2.45) is 0 Å². The van der Waals surface area contributed by atoms with Crippen LogP contribution in [0.1, 0.15) is 37.3 Å². The Morgan fingerprint density at radius 2 is 1.90 bits per heavy atom. The summed E-state index contributed by atoms with van der Waals surface area (Å²) >= 11 is 6.49. The van der Waals surface area contributed by atoms with Gasteiger partial charge in [-0.2, -0.15) is 0 Å². The van der Waals surface area contributed by atoms with Gasteiger partial charge >= 0.3 is 0 Å². The largest absolute Gasteiger partial charge is 0.351 e. The molecule has 210 valence electrons. The summed E-state index contributed by atoms with van der Waals surface area (Å²) in [4.78, 5) is 51.0. The highest BCUT2D eigenvalue weighted by Crippen LogP contribution is 2.40. The number of hydrogen-bond donors (Lipinski definition) is 1. The highest BCUT2D eigenvalue weighted by atomic mass is 35.5. The molecule has 2 heterocycles. The molecule has 1 aromatic heterocycles. The molecule has 3 amide bonds. The first-order valence-electron chi connectivity index (χ1n) is 12.7. The normalized spacial score (nSPS) is 18.8. The van der Waals surface area contributed by atoms with Crippen LogP contribution in [-0.4, -0.2) is 40.7 Å². The summed E-state index contributed by atoms with van der Waals surface area (Å²) in [6.07, 6.45) is 0.261. The van der Waals surface area contributed by atoms with E-state index in [0.717, 1.165) is 15.9 Å². The number of alkyl halides is 2. The van der Waals surface area contributed by atoms with Gasteiger partial charge in [-0.1, -0.05) is 35.9 Å². The van der Waals surface area contributed by atoms with Gasteiger partial charge < -0.3 is 5.32 Å². The predicted molar refractivity (Wildman–Crippen MR) is 145 cm³/mol. The molecule has 3 aromatic rings. The van der Waals surface area contributed by atoms with Gasteiger partial charge in [0.2, 0.25) is 11.8 Å². The van der Waals surface area contributed by atoms with E-state index in [1.54, 1.807) is 12.1 Å². The van der Waals surface area contributed by atoms with Crippen molar-refractivity contribution in [3.63, 3.8) is 0 Å². The van der Waals surface area contributed by atoms with Gasteiger partial charge in [-0.15, -0.1) is 0 Å². The summed E-state index contributed by atoms with van der Waals surface area (Å²) in [5.74, 6) is -5.48. The van der Waals surface area contributed by atoms with Crippen molar-refractivity contribution in [2.75, 3.05) is 9.80 Å². The second kappa shape index (κ2) is 11.2. The van der Waals surface area contributed by atoms with E-state index < -0.39 is 60.4 Å². The topological polar surface area (TPSA) is 87.0 Å². The molecular formula is C29H23ClF3N5O3. The van der Waals surface area contributed by atoms with E-state index in [0.29, 0.717) is 0 Å². The van der Waals surface area contributed by atoms with Crippen molar-refractivity contribution < 1.29 is 27.6 Å². The van der Waals surface area contributed by atoms with Crippen LogP contribution in [0.25, 0.3) is 4.85 Å². The molecule has 2 aliphatic rings. The van der Waals surface area contributed by atoms with Crippen LogP contribution in [0, 0.1) is 12.4 Å². The summed E-state index contributed by atoms with van der Waals surface area (Å²) in [6, 6.07) is 10.6. The first-order chi connectivity index (χ1) is 19.6. The fraction of sp³-hybridized carbons (Fsp3) is 0.276. The SMILES string of the molecule is [C-]#[N+]c1ccnc(N2C(=O)CC[C@H]2C(=O)N(c2cccc(F)c2)[C@@H](C(=O)NC2CC(F)(F)C2)c2ccccc2Cl)c1. The van der Waals surface area contributed by atoms with Crippen molar-refractivity contribution in [3.8, 4) is 0 Å². The number of rotatable bonds is 7. The van der Waals surface area contributed by atoms with Crippen LogP contribution in [0.4, 0.5) is 30.4 Å². The maximum Gasteiger partial charge on any atom is 0.252 e. The smallest absolute Gasteiger partial charge is 0.252 e. The van der Waals surface area contributed by atoms with Crippen LogP contribution >= 0.6 is 11.6 Å². The molecule has 0 spiro atoms. The second-order valence-corrected chi connectivity index (χ2v) is 10.3. The summed E-state index contributed by atoms with van der Waals surface area (Å²) in [6.45, 7) is 7.30. The third kappa shape index (κ3) is 5.74. The fourth-order valence-electron chi connectivity index (χ4n) is 5.14. The number of carbonyl (C=O) groups excluding carboxylic acids is 3. The number of halogens is 4. The molecule has 1 aliphatic carbocycles. The van der Waals surface area contributed by atoms with Crippen molar-refractivity contribution >= 4 is 46.5 Å². The maximum absolute atomic E-state index is 14.5. The average Bonchev–Trinajstić information content (AvgIpc) is 3.32. The lowest BCUT2D eigenvalue weighted by molar-refractivity contribution is -0.133. The molecule has 1 aliphatic heterocycles. The Morgan fingerprint density at radius 1 is 1.15 bits per heavy atom. The number of amides is 3. The third-order valence-electron chi connectivity index (χ3n) is 7.07. The zero-order valence-corrected chi connectivity index (χ0v) is 22.2. The molecule has 8 nitrogen and oxygen atoms in total. The van der Waals surface area contributed by atoms with Crippen LogP contribution < -0.4 is 15.1 Å². The van der Waals surface area contributed by atoms with Crippen LogP contribution in [-0.2, 0) is 14.4 Å². The minimum Gasteiger partial charge on any atom is -0.351 e. The lowest BCUT2D eigenvalue weighted by atomic mass is 9.87. The van der Waals surface area contributed by atoms with E-state index in [1.807, 2.05) is 0 Å². The molecule has 0 bridgehead atoms. The van der Waals surface area contributed by atoms with Crippen LogP contribution in [0.15, 0.2) is 66.9 Å². The Kier molecular flexibility index (Phi) is 7.69. The Bertz CT molecular complexity index is 1550. The molecule has 5 rings (SSSR count). The first-order valence-corrected chi connectivity index (χ1v) is 13.1. The predicted octanol–water partition coefficient (Wildman–Crippen LogP) is 5.61. The number of nitrogens with zero attached hydrogens (tertiary/aromatic N) is 4. The summed E-state index contributed by atoms with van der Waals surface area (Å²) in [5.41, 5.74) is 0.379. The number of benzene rings is 2. The molecule has 0 radical (unpaired) electrons. The van der Waals surface area contributed by atoms with Gasteiger partial charge in [0.05, 0.1) is 6.57 Å². The molecule has 1 saturated heterocycles. The maximum atomic E-state index is 14.5. The highest BCUT2D eigenvalue weighted by Gasteiger charge is 2.48. The van der Waals surface area contributed by atoms with E-state index in [2.05, 4.69) is 15.1 Å². The third-order valence-corrected chi connectivity index (χ3v) is 7.41. The first kappa shape index (κ1) is 28.1. The standard InChI is InChI=1S/C29H23ClF3N5O3/c1-34-18-11-12-35-24(14-18)38-23(9-10-25(38)39)28(41)37(20-6-4-5-17(31)13-20)26(21-7-2-3-8-22(21)30)27(40)36-19-15-29(32,33)16-19/h2-8,11-14,19,23,26H,9-10,15-16H2,(H,36,40)/t23-,26+/m0/s1. The number of aromatic nitrogens is 1. The van der Waals surface area contributed by atoms with Crippen LogP contribution in [0.5, 0.6) is 0 Å². The molecule has 12 heteroatoms. The molecule has 2 fully saturated rings. The quantitative estimate of drug-likeness (QED) is 0.368. The van der Waals surface area contributed by atoms with Gasteiger partial charge in [-0.25, -0.2) is 23.0 Å². The van der Waals surface area contributed by atoms with Gasteiger partial charge in [-0.05, 0) is 42.8 Å². The van der Waals surface area contributed by atoms with Crippen molar-refractivity contribution in [1.29, 1.82) is 0 Å².